The molecule has 1 heterocycles. The molecule has 0 atom stereocenters. The van der Waals surface area contributed by atoms with Crippen LogP contribution in [-0.4, -0.2) is 36.2 Å². The molecule has 0 radical (unpaired) electrons. The Morgan fingerprint density at radius 2 is 1.82 bits per heavy atom. The third kappa shape index (κ3) is 4.02. The number of carbonyl (C=O) groups excluding carboxylic acids is 1. The summed E-state index contributed by atoms with van der Waals surface area (Å²) in [6, 6.07) is 8.35. The number of rotatable bonds is 2. The van der Waals surface area contributed by atoms with Crippen LogP contribution >= 0.6 is 15.9 Å². The summed E-state index contributed by atoms with van der Waals surface area (Å²) in [5, 5.41) is 0. The van der Waals surface area contributed by atoms with Gasteiger partial charge in [0.1, 0.15) is 5.60 Å². The lowest BCUT2D eigenvalue weighted by Crippen LogP contribution is -2.49. The summed E-state index contributed by atoms with van der Waals surface area (Å²) in [6.07, 6.45) is 1.50. The number of hydrogen-bond acceptors (Lipinski definition) is 3. The first-order valence-electron chi connectivity index (χ1n) is 7.70. The van der Waals surface area contributed by atoms with Crippen molar-refractivity contribution in [2.24, 2.45) is 5.73 Å². The zero-order chi connectivity index (χ0) is 16.4. The van der Waals surface area contributed by atoms with E-state index in [4.69, 9.17) is 10.5 Å². The van der Waals surface area contributed by atoms with E-state index < -0.39 is 5.60 Å². The maximum atomic E-state index is 12.2. The zero-order valence-electron chi connectivity index (χ0n) is 13.6. The summed E-state index contributed by atoms with van der Waals surface area (Å²) in [6.45, 7) is 7.63. The highest BCUT2D eigenvalue weighted by Crippen LogP contribution is 2.35. The van der Waals surface area contributed by atoms with Crippen molar-refractivity contribution in [1.29, 1.82) is 0 Å². The van der Waals surface area contributed by atoms with E-state index in [2.05, 4.69) is 28.1 Å². The Labute approximate surface area is 141 Å². The highest BCUT2D eigenvalue weighted by molar-refractivity contribution is 9.10. The SMILES string of the molecule is CC(C)(C)OC(=O)N1CCC(CN)(c2ccc(Br)cc2)CC1. The van der Waals surface area contributed by atoms with Gasteiger partial charge in [-0.15, -0.1) is 0 Å². The second-order valence-electron chi connectivity index (χ2n) is 6.96. The molecule has 22 heavy (non-hydrogen) atoms. The van der Waals surface area contributed by atoms with Gasteiger partial charge in [0.05, 0.1) is 0 Å². The van der Waals surface area contributed by atoms with Crippen LogP contribution in [0.15, 0.2) is 28.7 Å². The minimum absolute atomic E-state index is 0.0424. The van der Waals surface area contributed by atoms with Crippen molar-refractivity contribution in [2.75, 3.05) is 19.6 Å². The lowest BCUT2D eigenvalue weighted by Gasteiger charge is -2.41. The molecule has 0 saturated carbocycles. The molecule has 0 spiro atoms. The Kier molecular flexibility index (Phi) is 5.17. The van der Waals surface area contributed by atoms with Crippen LogP contribution in [0.2, 0.25) is 0 Å². The monoisotopic (exact) mass is 368 g/mol. The Morgan fingerprint density at radius 1 is 1.27 bits per heavy atom. The first-order chi connectivity index (χ1) is 10.3. The fourth-order valence-electron chi connectivity index (χ4n) is 2.86. The maximum Gasteiger partial charge on any atom is 0.410 e. The normalized spacial score (nSPS) is 18.1. The second kappa shape index (κ2) is 6.59. The molecule has 1 fully saturated rings. The minimum Gasteiger partial charge on any atom is -0.444 e. The van der Waals surface area contributed by atoms with Gasteiger partial charge >= 0.3 is 6.09 Å². The summed E-state index contributed by atoms with van der Waals surface area (Å²) in [5.74, 6) is 0. The largest absolute Gasteiger partial charge is 0.444 e. The smallest absolute Gasteiger partial charge is 0.410 e. The van der Waals surface area contributed by atoms with Gasteiger partial charge in [-0.3, -0.25) is 0 Å². The number of likely N-dealkylation sites (tertiary alicyclic amines) is 1. The molecule has 1 aliphatic heterocycles. The molecule has 1 amide bonds. The number of amides is 1. The van der Waals surface area contributed by atoms with Crippen molar-refractivity contribution >= 4 is 22.0 Å². The number of nitrogens with two attached hydrogens (primary N) is 1. The van der Waals surface area contributed by atoms with Crippen molar-refractivity contribution < 1.29 is 9.53 Å². The van der Waals surface area contributed by atoms with Gasteiger partial charge in [0.15, 0.2) is 0 Å². The van der Waals surface area contributed by atoms with Gasteiger partial charge < -0.3 is 15.4 Å². The van der Waals surface area contributed by atoms with Crippen LogP contribution in [0.4, 0.5) is 4.79 Å². The topological polar surface area (TPSA) is 55.6 Å². The molecule has 1 saturated heterocycles. The van der Waals surface area contributed by atoms with Crippen LogP contribution in [0.3, 0.4) is 0 Å². The standard InChI is InChI=1S/C17H25BrN2O2/c1-16(2,3)22-15(21)20-10-8-17(12-19,9-11-20)13-4-6-14(18)7-5-13/h4-7H,8-12,19H2,1-3H3. The van der Waals surface area contributed by atoms with Crippen molar-refractivity contribution in [3.8, 4) is 0 Å². The van der Waals surface area contributed by atoms with Crippen molar-refractivity contribution in [3.63, 3.8) is 0 Å². The Hall–Kier alpha value is -1.07. The second-order valence-corrected chi connectivity index (χ2v) is 7.87. The number of halogens is 1. The molecule has 2 rings (SSSR count). The van der Waals surface area contributed by atoms with Gasteiger partial charge in [0.2, 0.25) is 0 Å². The predicted molar refractivity (Wildman–Crippen MR) is 91.9 cm³/mol. The molecule has 1 aromatic carbocycles. The van der Waals surface area contributed by atoms with Crippen LogP contribution in [0.1, 0.15) is 39.2 Å². The average molecular weight is 369 g/mol. The average Bonchev–Trinajstić information content (AvgIpc) is 2.46. The van der Waals surface area contributed by atoms with Crippen LogP contribution in [0.25, 0.3) is 0 Å². The van der Waals surface area contributed by atoms with Crippen molar-refractivity contribution in [2.45, 2.75) is 44.6 Å². The third-order valence-corrected chi connectivity index (χ3v) is 4.75. The summed E-state index contributed by atoms with van der Waals surface area (Å²) < 4.78 is 6.51. The number of benzene rings is 1. The fourth-order valence-corrected chi connectivity index (χ4v) is 3.12. The molecule has 1 aromatic rings. The summed E-state index contributed by atoms with van der Waals surface area (Å²) in [7, 11) is 0. The number of piperidine rings is 1. The summed E-state index contributed by atoms with van der Waals surface area (Å²) >= 11 is 3.46. The third-order valence-electron chi connectivity index (χ3n) is 4.22. The number of nitrogens with zero attached hydrogens (tertiary/aromatic N) is 1. The van der Waals surface area contributed by atoms with Gasteiger partial charge in [-0.1, -0.05) is 28.1 Å². The van der Waals surface area contributed by atoms with E-state index in [1.54, 1.807) is 4.90 Å². The van der Waals surface area contributed by atoms with Gasteiger partial charge in [-0.25, -0.2) is 4.79 Å². The molecular weight excluding hydrogens is 344 g/mol. The molecule has 5 heteroatoms. The molecule has 0 aromatic heterocycles. The van der Waals surface area contributed by atoms with E-state index in [-0.39, 0.29) is 11.5 Å². The van der Waals surface area contributed by atoms with Crippen molar-refractivity contribution in [1.82, 2.24) is 4.90 Å². The van der Waals surface area contributed by atoms with Crippen LogP contribution < -0.4 is 5.73 Å². The first-order valence-corrected chi connectivity index (χ1v) is 8.49. The summed E-state index contributed by atoms with van der Waals surface area (Å²) in [4.78, 5) is 14.0. The molecule has 0 unspecified atom stereocenters. The molecule has 1 aliphatic rings. The lowest BCUT2D eigenvalue weighted by atomic mass is 9.73. The van der Waals surface area contributed by atoms with E-state index in [0.29, 0.717) is 19.6 Å². The molecule has 0 aliphatic carbocycles. The highest BCUT2D eigenvalue weighted by atomic mass is 79.9. The van der Waals surface area contributed by atoms with E-state index in [1.807, 2.05) is 32.9 Å². The number of carbonyl (C=O) groups is 1. The fraction of sp³-hybridized carbons (Fsp3) is 0.588. The number of hydrogen-bond donors (Lipinski definition) is 1. The Balaban J connectivity index is 2.05. The molecule has 122 valence electrons. The summed E-state index contributed by atoms with van der Waals surface area (Å²) in [5.41, 5.74) is 6.84. The van der Waals surface area contributed by atoms with Gasteiger partial charge in [-0.2, -0.15) is 0 Å². The van der Waals surface area contributed by atoms with Gasteiger partial charge in [-0.05, 0) is 51.3 Å². The van der Waals surface area contributed by atoms with Crippen molar-refractivity contribution in [3.05, 3.63) is 34.3 Å². The van der Waals surface area contributed by atoms with E-state index in [0.717, 1.165) is 17.3 Å². The lowest BCUT2D eigenvalue weighted by molar-refractivity contribution is 0.0167. The van der Waals surface area contributed by atoms with E-state index in [1.165, 1.54) is 5.56 Å². The minimum atomic E-state index is -0.453. The Morgan fingerprint density at radius 3 is 2.27 bits per heavy atom. The van der Waals surface area contributed by atoms with Gasteiger partial charge in [0.25, 0.3) is 0 Å². The number of ether oxygens (including phenoxy) is 1. The highest BCUT2D eigenvalue weighted by Gasteiger charge is 2.37. The molecule has 2 N–H and O–H groups in total. The van der Waals surface area contributed by atoms with Crippen LogP contribution in [0.5, 0.6) is 0 Å². The zero-order valence-corrected chi connectivity index (χ0v) is 15.1. The molecular formula is C17H25BrN2O2. The van der Waals surface area contributed by atoms with E-state index >= 15 is 0 Å². The van der Waals surface area contributed by atoms with Gasteiger partial charge in [0, 0.05) is 29.5 Å². The predicted octanol–water partition coefficient (Wildman–Crippen LogP) is 3.68. The van der Waals surface area contributed by atoms with Crippen LogP contribution in [0, 0.1) is 0 Å². The first kappa shape index (κ1) is 17.3. The van der Waals surface area contributed by atoms with Crippen LogP contribution in [-0.2, 0) is 10.2 Å². The molecule has 4 nitrogen and oxygen atoms in total. The van der Waals surface area contributed by atoms with E-state index in [9.17, 15) is 4.79 Å². The quantitative estimate of drug-likeness (QED) is 0.865. The maximum absolute atomic E-state index is 12.2. The molecule has 0 bridgehead atoms. The Bertz CT molecular complexity index is 514.